The van der Waals surface area contributed by atoms with E-state index in [-0.39, 0.29) is 41.7 Å². The Kier molecular flexibility index (Phi) is 11.0. The molecule has 2 saturated heterocycles. The van der Waals surface area contributed by atoms with E-state index in [4.69, 9.17) is 10.7 Å². The summed E-state index contributed by atoms with van der Waals surface area (Å²) in [6.45, 7) is 7.31. The van der Waals surface area contributed by atoms with Gasteiger partial charge in [0.15, 0.2) is 5.96 Å². The monoisotopic (exact) mass is 557 g/mol. The molecule has 0 bridgehead atoms. The largest absolute Gasteiger partial charge is 0.369 e. The Balaban J connectivity index is 0.00000363. The van der Waals surface area contributed by atoms with Gasteiger partial charge in [-0.1, -0.05) is 6.07 Å². The standard InChI is InChI=1S/C22H35N7O2.HI/c1-2-24-22(26-11-5-13-28-12-4-7-19(28)30)27-16-18-6-3-10-25-21(18)29-14-8-17(9-15-29)20(23)31;/h3,6,10,17H,2,4-5,7-9,11-16H2,1H3,(H2,23,31)(H2,24,26,27);1H. The molecule has 2 aliphatic rings. The number of nitrogens with two attached hydrogens (primary N) is 1. The lowest BCUT2D eigenvalue weighted by atomic mass is 9.96. The molecular formula is C22H36IN7O2. The fourth-order valence-electron chi connectivity index (χ4n) is 4.14. The van der Waals surface area contributed by atoms with Gasteiger partial charge < -0.3 is 26.2 Å². The van der Waals surface area contributed by atoms with Crippen molar-refractivity contribution in [3.8, 4) is 0 Å². The van der Waals surface area contributed by atoms with Crippen molar-refractivity contribution in [1.82, 2.24) is 20.5 Å². The molecule has 0 atom stereocenters. The van der Waals surface area contributed by atoms with Crippen LogP contribution in [0.25, 0.3) is 0 Å². The molecule has 1 aromatic heterocycles. The van der Waals surface area contributed by atoms with Gasteiger partial charge in [-0.2, -0.15) is 0 Å². The van der Waals surface area contributed by atoms with Crippen molar-refractivity contribution in [3.05, 3.63) is 23.9 Å². The highest BCUT2D eigenvalue weighted by atomic mass is 127. The fraction of sp³-hybridized carbons (Fsp3) is 0.636. The van der Waals surface area contributed by atoms with E-state index in [0.29, 0.717) is 13.0 Å². The van der Waals surface area contributed by atoms with Crippen LogP contribution in [0.5, 0.6) is 0 Å². The van der Waals surface area contributed by atoms with E-state index in [0.717, 1.165) is 82.3 Å². The molecule has 3 rings (SSSR count). The van der Waals surface area contributed by atoms with Gasteiger partial charge in [0.1, 0.15) is 5.82 Å². The number of primary amides is 1. The fourth-order valence-corrected chi connectivity index (χ4v) is 4.14. The van der Waals surface area contributed by atoms with Crippen molar-refractivity contribution in [2.45, 2.75) is 45.6 Å². The highest BCUT2D eigenvalue weighted by Crippen LogP contribution is 2.24. The number of anilines is 1. The number of guanidine groups is 1. The molecule has 0 spiro atoms. The first-order chi connectivity index (χ1) is 15.1. The lowest BCUT2D eigenvalue weighted by Gasteiger charge is -2.32. The number of carbonyl (C=O) groups is 2. The molecule has 3 heterocycles. The van der Waals surface area contributed by atoms with Gasteiger partial charge in [0.2, 0.25) is 11.8 Å². The molecule has 178 valence electrons. The molecule has 2 aliphatic heterocycles. The van der Waals surface area contributed by atoms with Crippen molar-refractivity contribution in [3.63, 3.8) is 0 Å². The first-order valence-corrected chi connectivity index (χ1v) is 11.4. The lowest BCUT2D eigenvalue weighted by molar-refractivity contribution is -0.127. The number of carbonyl (C=O) groups excluding carboxylic acids is 2. The summed E-state index contributed by atoms with van der Waals surface area (Å²) in [5, 5.41) is 6.64. The zero-order chi connectivity index (χ0) is 22.1. The molecule has 2 amide bonds. The maximum Gasteiger partial charge on any atom is 0.222 e. The topological polar surface area (TPSA) is 116 Å². The van der Waals surface area contributed by atoms with Crippen molar-refractivity contribution < 1.29 is 9.59 Å². The number of halogens is 1. The maximum atomic E-state index is 11.7. The van der Waals surface area contributed by atoms with E-state index in [1.54, 1.807) is 6.20 Å². The Morgan fingerprint density at radius 3 is 2.72 bits per heavy atom. The Morgan fingerprint density at radius 1 is 1.28 bits per heavy atom. The van der Waals surface area contributed by atoms with Gasteiger partial charge >= 0.3 is 0 Å². The molecule has 32 heavy (non-hydrogen) atoms. The summed E-state index contributed by atoms with van der Waals surface area (Å²) < 4.78 is 0. The minimum Gasteiger partial charge on any atom is -0.369 e. The minimum atomic E-state index is -0.207. The normalized spacial score (nSPS) is 17.3. The first kappa shape index (κ1) is 26.1. The van der Waals surface area contributed by atoms with E-state index in [1.165, 1.54) is 0 Å². The molecule has 0 unspecified atom stereocenters. The average molecular weight is 557 g/mol. The second kappa shape index (κ2) is 13.4. The second-order valence-electron chi connectivity index (χ2n) is 8.11. The number of aromatic nitrogens is 1. The Bertz CT molecular complexity index is 781. The number of rotatable bonds is 9. The highest BCUT2D eigenvalue weighted by molar-refractivity contribution is 14.0. The van der Waals surface area contributed by atoms with E-state index in [1.807, 2.05) is 17.9 Å². The van der Waals surface area contributed by atoms with Crippen LogP contribution in [0.15, 0.2) is 23.3 Å². The van der Waals surface area contributed by atoms with Gasteiger partial charge in [-0.3, -0.25) is 9.59 Å². The van der Waals surface area contributed by atoms with Crippen molar-refractivity contribution in [2.75, 3.05) is 44.2 Å². The number of pyridine rings is 1. The van der Waals surface area contributed by atoms with Gasteiger partial charge in [0.05, 0.1) is 6.54 Å². The van der Waals surface area contributed by atoms with Gasteiger partial charge in [-0.05, 0) is 38.7 Å². The molecule has 4 N–H and O–H groups in total. The van der Waals surface area contributed by atoms with Crippen LogP contribution in [-0.4, -0.2) is 66.9 Å². The van der Waals surface area contributed by atoms with Crippen LogP contribution < -0.4 is 21.3 Å². The summed E-state index contributed by atoms with van der Waals surface area (Å²) in [7, 11) is 0. The second-order valence-corrected chi connectivity index (χ2v) is 8.11. The smallest absolute Gasteiger partial charge is 0.222 e. The van der Waals surface area contributed by atoms with Crippen molar-refractivity contribution >= 4 is 47.6 Å². The number of aliphatic imine (C=N–C) groups is 1. The number of amides is 2. The number of hydrogen-bond donors (Lipinski definition) is 3. The van der Waals surface area contributed by atoms with Gasteiger partial charge in [0, 0.05) is 63.4 Å². The summed E-state index contributed by atoms with van der Waals surface area (Å²) >= 11 is 0. The molecule has 0 aliphatic carbocycles. The van der Waals surface area contributed by atoms with Crippen LogP contribution in [0.3, 0.4) is 0 Å². The molecule has 0 radical (unpaired) electrons. The summed E-state index contributed by atoms with van der Waals surface area (Å²) in [6, 6.07) is 3.98. The Morgan fingerprint density at radius 2 is 2.06 bits per heavy atom. The predicted octanol–water partition coefficient (Wildman–Crippen LogP) is 1.47. The van der Waals surface area contributed by atoms with Crippen LogP contribution in [0, 0.1) is 5.92 Å². The van der Waals surface area contributed by atoms with Crippen LogP contribution >= 0.6 is 24.0 Å². The van der Waals surface area contributed by atoms with Crippen LogP contribution in [0.2, 0.25) is 0 Å². The van der Waals surface area contributed by atoms with Gasteiger partial charge in [-0.15, -0.1) is 24.0 Å². The number of nitrogens with one attached hydrogen (secondary N) is 2. The number of nitrogens with zero attached hydrogens (tertiary/aromatic N) is 4. The summed E-state index contributed by atoms with van der Waals surface area (Å²) in [5.74, 6) is 1.71. The van der Waals surface area contributed by atoms with Gasteiger partial charge in [0.25, 0.3) is 0 Å². The zero-order valence-electron chi connectivity index (χ0n) is 18.9. The van der Waals surface area contributed by atoms with E-state index in [9.17, 15) is 9.59 Å². The molecule has 10 heteroatoms. The molecule has 0 saturated carbocycles. The van der Waals surface area contributed by atoms with Crippen LogP contribution in [0.1, 0.15) is 44.6 Å². The van der Waals surface area contributed by atoms with Crippen LogP contribution in [-0.2, 0) is 16.1 Å². The predicted molar refractivity (Wildman–Crippen MR) is 137 cm³/mol. The third-order valence-electron chi connectivity index (χ3n) is 5.88. The quantitative estimate of drug-likeness (QED) is 0.183. The highest BCUT2D eigenvalue weighted by Gasteiger charge is 2.25. The van der Waals surface area contributed by atoms with Gasteiger partial charge in [-0.25, -0.2) is 9.98 Å². The number of piperidine rings is 1. The number of likely N-dealkylation sites (tertiary alicyclic amines) is 1. The Hall–Kier alpha value is -2.11. The minimum absolute atomic E-state index is 0. The van der Waals surface area contributed by atoms with Crippen molar-refractivity contribution in [2.24, 2.45) is 16.6 Å². The van der Waals surface area contributed by atoms with E-state index in [2.05, 4.69) is 26.6 Å². The lowest BCUT2D eigenvalue weighted by Crippen LogP contribution is -2.39. The third kappa shape index (κ3) is 7.49. The molecule has 0 aromatic carbocycles. The summed E-state index contributed by atoms with van der Waals surface area (Å²) in [4.78, 5) is 36.6. The first-order valence-electron chi connectivity index (χ1n) is 11.4. The third-order valence-corrected chi connectivity index (χ3v) is 5.88. The summed E-state index contributed by atoms with van der Waals surface area (Å²) in [6.07, 6.45) is 5.88. The van der Waals surface area contributed by atoms with E-state index >= 15 is 0 Å². The van der Waals surface area contributed by atoms with Crippen LogP contribution in [0.4, 0.5) is 5.82 Å². The molecule has 9 nitrogen and oxygen atoms in total. The van der Waals surface area contributed by atoms with E-state index < -0.39 is 0 Å². The molecule has 1 aromatic rings. The average Bonchev–Trinajstić information content (AvgIpc) is 3.19. The van der Waals surface area contributed by atoms with Crippen molar-refractivity contribution in [1.29, 1.82) is 0 Å². The maximum absolute atomic E-state index is 11.7. The molecule has 2 fully saturated rings. The number of hydrogen-bond acceptors (Lipinski definition) is 5. The SMILES string of the molecule is CCNC(=NCc1cccnc1N1CCC(C(N)=O)CC1)NCCCN1CCCC1=O.I. The zero-order valence-corrected chi connectivity index (χ0v) is 21.2. The Labute approximate surface area is 207 Å². The molecular weight excluding hydrogens is 521 g/mol. The summed E-state index contributed by atoms with van der Waals surface area (Å²) in [5.41, 5.74) is 6.51.